The number of amides is 1. The molecule has 0 radical (unpaired) electrons. The second-order valence-corrected chi connectivity index (χ2v) is 7.56. The average molecular weight is 391 g/mol. The van der Waals surface area contributed by atoms with Crippen molar-refractivity contribution < 1.29 is 4.79 Å². The Bertz CT molecular complexity index is 884. The van der Waals surface area contributed by atoms with Crippen molar-refractivity contribution in [3.63, 3.8) is 0 Å². The van der Waals surface area contributed by atoms with Gasteiger partial charge >= 0.3 is 0 Å². The van der Waals surface area contributed by atoms with Crippen molar-refractivity contribution in [1.29, 1.82) is 0 Å². The van der Waals surface area contributed by atoms with Gasteiger partial charge in [0, 0.05) is 37.1 Å². The van der Waals surface area contributed by atoms with E-state index in [-0.39, 0.29) is 5.91 Å². The molecule has 0 aliphatic carbocycles. The van der Waals surface area contributed by atoms with Crippen molar-refractivity contribution in [2.75, 3.05) is 6.54 Å². The molecule has 0 aliphatic heterocycles. The minimum Gasteiger partial charge on any atom is -0.348 e. The van der Waals surface area contributed by atoms with Crippen LogP contribution in [0.4, 0.5) is 0 Å². The third-order valence-corrected chi connectivity index (χ3v) is 5.12. The zero-order valence-electron chi connectivity index (χ0n) is 17.5. The van der Waals surface area contributed by atoms with Crippen LogP contribution in [-0.2, 0) is 19.6 Å². The lowest BCUT2D eigenvalue weighted by molar-refractivity contribution is 0.0951. The molecule has 0 unspecified atom stereocenters. The monoisotopic (exact) mass is 390 g/mol. The molecule has 0 spiro atoms. The van der Waals surface area contributed by atoms with Gasteiger partial charge in [0.15, 0.2) is 0 Å². The van der Waals surface area contributed by atoms with Crippen LogP contribution in [0.3, 0.4) is 0 Å². The predicted octanol–water partition coefficient (Wildman–Crippen LogP) is 4.09. The summed E-state index contributed by atoms with van der Waals surface area (Å²) in [5.74, 6) is -0.0478. The molecule has 0 atom stereocenters. The predicted molar refractivity (Wildman–Crippen MR) is 117 cm³/mol. The first-order valence-corrected chi connectivity index (χ1v) is 10.2. The van der Waals surface area contributed by atoms with Gasteiger partial charge in [0.25, 0.3) is 5.91 Å². The van der Waals surface area contributed by atoms with E-state index in [4.69, 9.17) is 0 Å². The molecule has 0 fully saturated rings. The molecule has 29 heavy (non-hydrogen) atoms. The lowest BCUT2D eigenvalue weighted by atomic mass is 10.1. The van der Waals surface area contributed by atoms with Gasteiger partial charge in [0.05, 0.1) is 6.54 Å². The number of hydrogen-bond donors (Lipinski definition) is 1. The number of hydrogen-bond acceptors (Lipinski definition) is 3. The van der Waals surface area contributed by atoms with Gasteiger partial charge in [-0.3, -0.25) is 14.4 Å². The van der Waals surface area contributed by atoms with Crippen LogP contribution in [0.2, 0.25) is 0 Å². The Morgan fingerprint density at radius 2 is 1.69 bits per heavy atom. The fourth-order valence-electron chi connectivity index (χ4n) is 3.28. The summed E-state index contributed by atoms with van der Waals surface area (Å²) in [6.45, 7) is 9.76. The molecule has 5 nitrogen and oxygen atoms in total. The molecule has 1 aromatic heterocycles. The number of benzene rings is 2. The first kappa shape index (κ1) is 20.8. The molecule has 1 heterocycles. The smallest absolute Gasteiger partial charge is 0.251 e. The standard InChI is InChI=1S/C24H30N4O/c1-4-27(19(2)3)17-21-10-12-23(13-11-21)24(29)25-16-20-6-8-22(9-7-20)18-28-15-5-14-26-28/h5-15,19H,4,16-18H2,1-3H3,(H,25,29). The quantitative estimate of drug-likeness (QED) is 0.599. The van der Waals surface area contributed by atoms with Crippen LogP contribution in [0.1, 0.15) is 47.8 Å². The number of carbonyl (C=O) groups excluding carboxylic acids is 1. The number of carbonyl (C=O) groups is 1. The van der Waals surface area contributed by atoms with E-state index in [0.29, 0.717) is 18.2 Å². The van der Waals surface area contributed by atoms with Crippen LogP contribution in [0.5, 0.6) is 0 Å². The molecule has 0 aliphatic rings. The molecule has 0 saturated heterocycles. The second-order valence-electron chi connectivity index (χ2n) is 7.56. The molecule has 0 saturated carbocycles. The van der Waals surface area contributed by atoms with E-state index in [0.717, 1.165) is 25.2 Å². The number of nitrogens with one attached hydrogen (secondary N) is 1. The zero-order valence-corrected chi connectivity index (χ0v) is 17.5. The average Bonchev–Trinajstić information content (AvgIpc) is 3.24. The van der Waals surface area contributed by atoms with E-state index < -0.39 is 0 Å². The summed E-state index contributed by atoms with van der Waals surface area (Å²) in [5, 5.41) is 7.22. The lowest BCUT2D eigenvalue weighted by Crippen LogP contribution is -2.30. The Morgan fingerprint density at radius 1 is 1.03 bits per heavy atom. The van der Waals surface area contributed by atoms with Crippen LogP contribution in [-0.4, -0.2) is 33.2 Å². The fraction of sp³-hybridized carbons (Fsp3) is 0.333. The highest BCUT2D eigenvalue weighted by atomic mass is 16.1. The van der Waals surface area contributed by atoms with Gasteiger partial charge in [-0.1, -0.05) is 43.3 Å². The molecule has 3 aromatic rings. The Balaban J connectivity index is 1.51. The Morgan fingerprint density at radius 3 is 2.28 bits per heavy atom. The van der Waals surface area contributed by atoms with Gasteiger partial charge in [0.1, 0.15) is 0 Å². The summed E-state index contributed by atoms with van der Waals surface area (Å²) in [6.07, 6.45) is 3.72. The second kappa shape index (κ2) is 10.0. The fourth-order valence-corrected chi connectivity index (χ4v) is 3.28. The maximum atomic E-state index is 12.5. The summed E-state index contributed by atoms with van der Waals surface area (Å²) < 4.78 is 1.89. The van der Waals surface area contributed by atoms with Crippen molar-refractivity contribution in [1.82, 2.24) is 20.0 Å². The zero-order chi connectivity index (χ0) is 20.6. The highest BCUT2D eigenvalue weighted by molar-refractivity contribution is 5.94. The first-order chi connectivity index (χ1) is 14.0. The molecule has 1 N–H and O–H groups in total. The van der Waals surface area contributed by atoms with E-state index >= 15 is 0 Å². The van der Waals surface area contributed by atoms with Crippen LogP contribution in [0.25, 0.3) is 0 Å². The lowest BCUT2D eigenvalue weighted by Gasteiger charge is -2.24. The molecule has 3 rings (SSSR count). The molecule has 152 valence electrons. The number of aromatic nitrogens is 2. The SMILES string of the molecule is CCN(Cc1ccc(C(=O)NCc2ccc(Cn3cccn3)cc2)cc1)C(C)C. The normalized spacial score (nSPS) is 11.2. The third kappa shape index (κ3) is 6.03. The first-order valence-electron chi connectivity index (χ1n) is 10.2. The third-order valence-electron chi connectivity index (χ3n) is 5.12. The molecule has 2 aromatic carbocycles. The van der Waals surface area contributed by atoms with Crippen molar-refractivity contribution >= 4 is 5.91 Å². The Kier molecular flexibility index (Phi) is 7.19. The van der Waals surface area contributed by atoms with Gasteiger partial charge in [-0.05, 0) is 55.3 Å². The molecule has 0 bridgehead atoms. The molecular formula is C24H30N4O. The number of nitrogens with zero attached hydrogens (tertiary/aromatic N) is 3. The van der Waals surface area contributed by atoms with Crippen LogP contribution in [0.15, 0.2) is 67.0 Å². The topological polar surface area (TPSA) is 50.2 Å². The number of rotatable bonds is 9. The van der Waals surface area contributed by atoms with E-state index in [2.05, 4.69) is 48.2 Å². The highest BCUT2D eigenvalue weighted by Crippen LogP contribution is 2.11. The molecule has 1 amide bonds. The highest BCUT2D eigenvalue weighted by Gasteiger charge is 2.09. The minimum absolute atomic E-state index is 0.0478. The van der Waals surface area contributed by atoms with Crippen molar-refractivity contribution in [2.24, 2.45) is 0 Å². The van der Waals surface area contributed by atoms with Crippen molar-refractivity contribution in [3.05, 3.63) is 89.2 Å². The van der Waals surface area contributed by atoms with Crippen LogP contribution in [0, 0.1) is 0 Å². The Hall–Kier alpha value is -2.92. The van der Waals surface area contributed by atoms with Crippen molar-refractivity contribution in [3.8, 4) is 0 Å². The van der Waals surface area contributed by atoms with Crippen LogP contribution < -0.4 is 5.32 Å². The van der Waals surface area contributed by atoms with E-state index in [1.807, 2.05) is 53.3 Å². The maximum Gasteiger partial charge on any atom is 0.251 e. The minimum atomic E-state index is -0.0478. The summed E-state index contributed by atoms with van der Waals surface area (Å²) in [5.41, 5.74) is 4.18. The van der Waals surface area contributed by atoms with E-state index in [1.54, 1.807) is 6.20 Å². The molecular weight excluding hydrogens is 360 g/mol. The van der Waals surface area contributed by atoms with Gasteiger partial charge in [-0.15, -0.1) is 0 Å². The van der Waals surface area contributed by atoms with E-state index in [9.17, 15) is 4.79 Å². The van der Waals surface area contributed by atoms with Gasteiger partial charge < -0.3 is 5.32 Å². The summed E-state index contributed by atoms with van der Waals surface area (Å²) >= 11 is 0. The Labute approximate surface area is 173 Å². The summed E-state index contributed by atoms with van der Waals surface area (Å²) in [4.78, 5) is 14.9. The van der Waals surface area contributed by atoms with E-state index in [1.165, 1.54) is 11.1 Å². The van der Waals surface area contributed by atoms with Crippen LogP contribution >= 0.6 is 0 Å². The van der Waals surface area contributed by atoms with Gasteiger partial charge in [-0.2, -0.15) is 5.10 Å². The summed E-state index contributed by atoms with van der Waals surface area (Å²) in [7, 11) is 0. The maximum absolute atomic E-state index is 12.5. The van der Waals surface area contributed by atoms with Crippen molar-refractivity contribution in [2.45, 2.75) is 46.4 Å². The molecule has 5 heteroatoms. The van der Waals surface area contributed by atoms with Gasteiger partial charge in [0.2, 0.25) is 0 Å². The largest absolute Gasteiger partial charge is 0.348 e. The van der Waals surface area contributed by atoms with Gasteiger partial charge in [-0.25, -0.2) is 0 Å². The summed E-state index contributed by atoms with van der Waals surface area (Å²) in [6, 6.07) is 18.6.